The summed E-state index contributed by atoms with van der Waals surface area (Å²) < 4.78 is 5.31. The highest BCUT2D eigenvalue weighted by molar-refractivity contribution is 5.90. The molecule has 2 amide bonds. The number of benzene rings is 1. The summed E-state index contributed by atoms with van der Waals surface area (Å²) in [6, 6.07) is 7.64. The van der Waals surface area contributed by atoms with Crippen molar-refractivity contribution in [3.8, 4) is 0 Å². The molecule has 3 rings (SSSR count). The lowest BCUT2D eigenvalue weighted by Crippen LogP contribution is -2.38. The highest BCUT2D eigenvalue weighted by Crippen LogP contribution is 2.12. The van der Waals surface area contributed by atoms with Gasteiger partial charge in [-0.2, -0.15) is 0 Å². The third-order valence-corrected chi connectivity index (χ3v) is 4.87. The van der Waals surface area contributed by atoms with Gasteiger partial charge in [-0.1, -0.05) is 12.1 Å². The van der Waals surface area contributed by atoms with Gasteiger partial charge in [0.2, 0.25) is 11.8 Å². The van der Waals surface area contributed by atoms with E-state index in [0.29, 0.717) is 13.0 Å². The van der Waals surface area contributed by atoms with Gasteiger partial charge in [-0.05, 0) is 30.7 Å². The molecule has 2 fully saturated rings. The Morgan fingerprint density at radius 3 is 2.88 bits per heavy atom. The van der Waals surface area contributed by atoms with Crippen LogP contribution in [0.2, 0.25) is 0 Å². The molecule has 0 saturated carbocycles. The summed E-state index contributed by atoms with van der Waals surface area (Å²) in [7, 11) is 0. The summed E-state index contributed by atoms with van der Waals surface area (Å²) in [5.74, 6) is 0.169. The molecule has 0 aromatic heterocycles. The van der Waals surface area contributed by atoms with Crippen LogP contribution >= 0.6 is 0 Å². The molecule has 142 valence electrons. The van der Waals surface area contributed by atoms with E-state index < -0.39 is 0 Å². The molecule has 1 aromatic carbocycles. The topological polar surface area (TPSA) is 82.7 Å². The SMILES string of the molecule is O=C(CCN1CCOCC1)Nc1cccc(CNC(=O)C2CCNC2)c1. The molecule has 0 spiro atoms. The molecule has 2 aliphatic heterocycles. The zero-order chi connectivity index (χ0) is 18.2. The van der Waals surface area contributed by atoms with E-state index in [9.17, 15) is 9.59 Å². The number of rotatable bonds is 7. The maximum atomic E-state index is 12.2. The largest absolute Gasteiger partial charge is 0.379 e. The van der Waals surface area contributed by atoms with E-state index in [1.165, 1.54) is 0 Å². The van der Waals surface area contributed by atoms with E-state index >= 15 is 0 Å². The van der Waals surface area contributed by atoms with Crippen molar-refractivity contribution < 1.29 is 14.3 Å². The first-order chi connectivity index (χ1) is 12.7. The van der Waals surface area contributed by atoms with Gasteiger partial charge in [0.15, 0.2) is 0 Å². The van der Waals surface area contributed by atoms with Crippen molar-refractivity contribution in [3.63, 3.8) is 0 Å². The quantitative estimate of drug-likeness (QED) is 0.662. The van der Waals surface area contributed by atoms with Crippen LogP contribution in [0.15, 0.2) is 24.3 Å². The first-order valence-electron chi connectivity index (χ1n) is 9.38. The predicted molar refractivity (Wildman–Crippen MR) is 99.8 cm³/mol. The third kappa shape index (κ3) is 5.79. The van der Waals surface area contributed by atoms with Crippen molar-refractivity contribution in [3.05, 3.63) is 29.8 Å². The van der Waals surface area contributed by atoms with E-state index in [1.54, 1.807) is 0 Å². The van der Waals surface area contributed by atoms with Gasteiger partial charge in [0.25, 0.3) is 0 Å². The van der Waals surface area contributed by atoms with Crippen LogP contribution in [-0.2, 0) is 20.9 Å². The number of carbonyl (C=O) groups excluding carboxylic acids is 2. The number of amides is 2. The molecular formula is C19H28N4O3. The molecule has 7 heteroatoms. The van der Waals surface area contributed by atoms with Gasteiger partial charge in [-0.25, -0.2) is 0 Å². The monoisotopic (exact) mass is 360 g/mol. The molecule has 2 saturated heterocycles. The Bertz CT molecular complexity index is 611. The maximum Gasteiger partial charge on any atom is 0.225 e. The van der Waals surface area contributed by atoms with E-state index in [2.05, 4.69) is 20.9 Å². The second-order valence-electron chi connectivity index (χ2n) is 6.86. The maximum absolute atomic E-state index is 12.2. The molecule has 3 N–H and O–H groups in total. The first kappa shape index (κ1) is 18.8. The second kappa shape index (κ2) is 9.66. The third-order valence-electron chi connectivity index (χ3n) is 4.87. The first-order valence-corrected chi connectivity index (χ1v) is 9.38. The predicted octanol–water partition coefficient (Wildman–Crippen LogP) is 0.573. The summed E-state index contributed by atoms with van der Waals surface area (Å²) in [5, 5.41) is 9.12. The molecule has 1 unspecified atom stereocenters. The number of hydrogen-bond donors (Lipinski definition) is 3. The van der Waals surface area contributed by atoms with Crippen LogP contribution in [0, 0.1) is 5.92 Å². The molecule has 7 nitrogen and oxygen atoms in total. The molecule has 0 radical (unpaired) electrons. The summed E-state index contributed by atoms with van der Waals surface area (Å²) in [6.45, 7) is 6.15. The Balaban J connectivity index is 1.42. The average Bonchev–Trinajstić information content (AvgIpc) is 3.20. The highest BCUT2D eigenvalue weighted by Gasteiger charge is 2.21. The van der Waals surface area contributed by atoms with Crippen LogP contribution in [0.3, 0.4) is 0 Å². The number of carbonyl (C=O) groups is 2. The molecule has 1 atom stereocenters. The van der Waals surface area contributed by atoms with E-state index in [1.807, 2.05) is 24.3 Å². The molecule has 1 aromatic rings. The van der Waals surface area contributed by atoms with Crippen LogP contribution in [0.4, 0.5) is 5.69 Å². The fourth-order valence-corrected chi connectivity index (χ4v) is 3.28. The Hall–Kier alpha value is -1.96. The number of anilines is 1. The minimum atomic E-state index is 0.00899. The van der Waals surface area contributed by atoms with Crippen molar-refractivity contribution in [1.82, 2.24) is 15.5 Å². The fraction of sp³-hybridized carbons (Fsp3) is 0.579. The number of hydrogen-bond acceptors (Lipinski definition) is 5. The molecular weight excluding hydrogens is 332 g/mol. The van der Waals surface area contributed by atoms with Gasteiger partial charge in [0.05, 0.1) is 19.1 Å². The van der Waals surface area contributed by atoms with Crippen LogP contribution in [0.5, 0.6) is 0 Å². The Kier molecular flexibility index (Phi) is 6.99. The Morgan fingerprint density at radius 1 is 1.27 bits per heavy atom. The van der Waals surface area contributed by atoms with Gasteiger partial charge >= 0.3 is 0 Å². The van der Waals surface area contributed by atoms with Crippen LogP contribution in [0.25, 0.3) is 0 Å². The lowest BCUT2D eigenvalue weighted by molar-refractivity contribution is -0.124. The van der Waals surface area contributed by atoms with Gasteiger partial charge in [0, 0.05) is 44.8 Å². The van der Waals surface area contributed by atoms with Crippen LogP contribution in [-0.4, -0.2) is 62.7 Å². The Labute approximate surface area is 154 Å². The van der Waals surface area contributed by atoms with Crippen LogP contribution < -0.4 is 16.0 Å². The molecule has 2 heterocycles. The minimum absolute atomic E-state index is 0.00899. The molecule has 2 aliphatic rings. The summed E-state index contributed by atoms with van der Waals surface area (Å²) >= 11 is 0. The lowest BCUT2D eigenvalue weighted by Gasteiger charge is -2.26. The van der Waals surface area contributed by atoms with Gasteiger partial charge in [0.1, 0.15) is 0 Å². The number of ether oxygens (including phenoxy) is 1. The van der Waals surface area contributed by atoms with Crippen molar-refractivity contribution in [2.24, 2.45) is 5.92 Å². The number of morpholine rings is 1. The van der Waals surface area contributed by atoms with Crippen LogP contribution in [0.1, 0.15) is 18.4 Å². The van der Waals surface area contributed by atoms with Crippen molar-refractivity contribution in [2.75, 3.05) is 51.3 Å². The minimum Gasteiger partial charge on any atom is -0.379 e. The summed E-state index contributed by atoms with van der Waals surface area (Å²) in [4.78, 5) is 26.5. The fourth-order valence-electron chi connectivity index (χ4n) is 3.28. The summed E-state index contributed by atoms with van der Waals surface area (Å²) in [6.07, 6.45) is 1.36. The van der Waals surface area contributed by atoms with Crippen molar-refractivity contribution >= 4 is 17.5 Å². The number of nitrogens with one attached hydrogen (secondary N) is 3. The number of nitrogens with zero attached hydrogens (tertiary/aromatic N) is 1. The van der Waals surface area contributed by atoms with Gasteiger partial charge in [-0.3, -0.25) is 14.5 Å². The molecule has 0 bridgehead atoms. The lowest BCUT2D eigenvalue weighted by atomic mass is 10.1. The zero-order valence-electron chi connectivity index (χ0n) is 15.1. The standard InChI is InChI=1S/C19H28N4O3/c24-18(5-7-23-8-10-26-11-9-23)22-17-3-1-2-15(12-17)13-21-19(25)16-4-6-20-14-16/h1-3,12,16,20H,4-11,13-14H2,(H,21,25)(H,22,24). The summed E-state index contributed by atoms with van der Waals surface area (Å²) in [5.41, 5.74) is 1.75. The second-order valence-corrected chi connectivity index (χ2v) is 6.86. The molecule has 26 heavy (non-hydrogen) atoms. The van der Waals surface area contributed by atoms with Crippen molar-refractivity contribution in [2.45, 2.75) is 19.4 Å². The highest BCUT2D eigenvalue weighted by atomic mass is 16.5. The zero-order valence-corrected chi connectivity index (χ0v) is 15.1. The smallest absolute Gasteiger partial charge is 0.225 e. The van der Waals surface area contributed by atoms with Crippen molar-refractivity contribution in [1.29, 1.82) is 0 Å². The normalized spacial score (nSPS) is 20.7. The van der Waals surface area contributed by atoms with E-state index in [0.717, 1.165) is 63.6 Å². The Morgan fingerprint density at radius 2 is 2.12 bits per heavy atom. The van der Waals surface area contributed by atoms with Gasteiger partial charge < -0.3 is 20.7 Å². The van der Waals surface area contributed by atoms with E-state index in [4.69, 9.17) is 4.74 Å². The van der Waals surface area contributed by atoms with E-state index in [-0.39, 0.29) is 17.7 Å². The van der Waals surface area contributed by atoms with Gasteiger partial charge in [-0.15, -0.1) is 0 Å². The average molecular weight is 360 g/mol. The molecule has 0 aliphatic carbocycles.